The van der Waals surface area contributed by atoms with Crippen molar-refractivity contribution < 1.29 is 0 Å². The van der Waals surface area contributed by atoms with Crippen molar-refractivity contribution in [1.29, 1.82) is 5.26 Å². The molecule has 0 atom stereocenters. The Balaban J connectivity index is 1.73. The molecule has 0 radical (unpaired) electrons. The Morgan fingerprint density at radius 3 is 2.69 bits per heavy atom. The van der Waals surface area contributed by atoms with Gasteiger partial charge in [0.1, 0.15) is 28.7 Å². The first-order valence-electron chi connectivity index (χ1n) is 8.07. The number of nitrogens with zero attached hydrogens (tertiary/aromatic N) is 4. The number of halogens is 1. The predicted octanol–water partition coefficient (Wildman–Crippen LogP) is 4.28. The molecule has 0 aliphatic carbocycles. The van der Waals surface area contributed by atoms with Gasteiger partial charge in [0.15, 0.2) is 0 Å². The molecule has 7 heteroatoms. The molecule has 0 aliphatic rings. The van der Waals surface area contributed by atoms with Crippen molar-refractivity contribution in [3.05, 3.63) is 70.2 Å². The minimum Gasteiger partial charge on any atom is -0.365 e. The van der Waals surface area contributed by atoms with Crippen molar-refractivity contribution in [1.82, 2.24) is 19.4 Å². The second-order valence-corrected chi connectivity index (χ2v) is 6.83. The van der Waals surface area contributed by atoms with Gasteiger partial charge in [0, 0.05) is 23.4 Å². The van der Waals surface area contributed by atoms with Gasteiger partial charge in [-0.1, -0.05) is 12.1 Å². The summed E-state index contributed by atoms with van der Waals surface area (Å²) < 4.78 is 2.97. The number of hydrogen-bond donors (Lipinski definition) is 2. The fourth-order valence-corrected chi connectivity index (χ4v) is 3.13. The Hall–Kier alpha value is -3.11. The van der Waals surface area contributed by atoms with Gasteiger partial charge in [-0.15, -0.1) is 0 Å². The Morgan fingerprint density at radius 1 is 1.19 bits per heavy atom. The van der Waals surface area contributed by atoms with E-state index in [1.165, 1.54) is 0 Å². The number of aryl methyl sites for hydroxylation is 1. The SMILES string of the molecule is Cc1nc(-c2nc3ccc(Br)cn3c2NCc2ccc(C#N)cc2)c[nH]1. The molecular weight excluding hydrogens is 392 g/mol. The van der Waals surface area contributed by atoms with E-state index in [9.17, 15) is 0 Å². The van der Waals surface area contributed by atoms with Crippen LogP contribution in [0.4, 0.5) is 5.82 Å². The molecular formula is C19H15BrN6. The fraction of sp³-hybridized carbons (Fsp3) is 0.105. The lowest BCUT2D eigenvalue weighted by molar-refractivity contribution is 1.08. The summed E-state index contributed by atoms with van der Waals surface area (Å²) in [6.07, 6.45) is 3.84. The van der Waals surface area contributed by atoms with Gasteiger partial charge < -0.3 is 10.3 Å². The molecule has 3 aromatic heterocycles. The van der Waals surface area contributed by atoms with Crippen molar-refractivity contribution >= 4 is 27.4 Å². The number of nitriles is 1. The Labute approximate surface area is 158 Å². The smallest absolute Gasteiger partial charge is 0.140 e. The van der Waals surface area contributed by atoms with Gasteiger partial charge >= 0.3 is 0 Å². The molecule has 0 amide bonds. The maximum atomic E-state index is 8.93. The molecule has 0 spiro atoms. The van der Waals surface area contributed by atoms with Crippen LogP contribution in [0.25, 0.3) is 17.0 Å². The number of hydrogen-bond acceptors (Lipinski definition) is 4. The highest BCUT2D eigenvalue weighted by molar-refractivity contribution is 9.10. The van der Waals surface area contributed by atoms with E-state index in [-0.39, 0.29) is 0 Å². The first-order valence-corrected chi connectivity index (χ1v) is 8.86. The summed E-state index contributed by atoms with van der Waals surface area (Å²) in [5.41, 5.74) is 4.16. The quantitative estimate of drug-likeness (QED) is 0.529. The number of nitrogens with one attached hydrogen (secondary N) is 2. The lowest BCUT2D eigenvalue weighted by atomic mass is 10.1. The molecule has 128 valence electrons. The molecule has 2 N–H and O–H groups in total. The standard InChI is InChI=1S/C19H15BrN6/c1-12-22-10-16(24-12)18-19(26-11-15(20)6-7-17(26)25-18)23-9-14-4-2-13(8-21)3-5-14/h2-7,10-11,23H,9H2,1H3,(H,22,24). The van der Waals surface area contributed by atoms with Crippen LogP contribution in [0.1, 0.15) is 17.0 Å². The summed E-state index contributed by atoms with van der Waals surface area (Å²) in [6, 6.07) is 13.6. The molecule has 0 fully saturated rings. The Kier molecular flexibility index (Phi) is 4.19. The summed E-state index contributed by atoms with van der Waals surface area (Å²) in [5, 5.41) is 12.4. The Morgan fingerprint density at radius 2 is 2.00 bits per heavy atom. The molecule has 4 rings (SSSR count). The van der Waals surface area contributed by atoms with E-state index in [1.807, 2.05) is 60.1 Å². The maximum absolute atomic E-state index is 8.93. The van der Waals surface area contributed by atoms with Crippen LogP contribution in [0.3, 0.4) is 0 Å². The zero-order chi connectivity index (χ0) is 18.1. The van der Waals surface area contributed by atoms with Crippen LogP contribution >= 0.6 is 15.9 Å². The first-order chi connectivity index (χ1) is 12.6. The molecule has 0 saturated carbocycles. The highest BCUT2D eigenvalue weighted by Gasteiger charge is 2.16. The monoisotopic (exact) mass is 406 g/mol. The van der Waals surface area contributed by atoms with Crippen molar-refractivity contribution in [2.24, 2.45) is 0 Å². The van der Waals surface area contributed by atoms with Crippen LogP contribution in [-0.4, -0.2) is 19.4 Å². The lowest BCUT2D eigenvalue weighted by Gasteiger charge is -2.08. The molecule has 0 saturated heterocycles. The topological polar surface area (TPSA) is 81.8 Å². The average molecular weight is 407 g/mol. The minimum atomic E-state index is 0.614. The van der Waals surface area contributed by atoms with Crippen molar-refractivity contribution in [2.45, 2.75) is 13.5 Å². The number of pyridine rings is 1. The highest BCUT2D eigenvalue weighted by Crippen LogP contribution is 2.29. The number of H-pyrrole nitrogens is 1. The van der Waals surface area contributed by atoms with E-state index in [0.29, 0.717) is 12.1 Å². The van der Waals surface area contributed by atoms with Gasteiger partial charge in [-0.25, -0.2) is 9.97 Å². The van der Waals surface area contributed by atoms with E-state index < -0.39 is 0 Å². The van der Waals surface area contributed by atoms with Crippen LogP contribution in [0, 0.1) is 18.3 Å². The highest BCUT2D eigenvalue weighted by atomic mass is 79.9. The normalized spacial score (nSPS) is 10.8. The second kappa shape index (κ2) is 6.65. The van der Waals surface area contributed by atoms with Crippen LogP contribution in [0.2, 0.25) is 0 Å². The number of benzene rings is 1. The largest absolute Gasteiger partial charge is 0.365 e. The first kappa shape index (κ1) is 16.4. The maximum Gasteiger partial charge on any atom is 0.140 e. The van der Waals surface area contributed by atoms with Gasteiger partial charge in [-0.3, -0.25) is 4.40 Å². The third-order valence-electron chi connectivity index (χ3n) is 4.07. The summed E-state index contributed by atoms with van der Waals surface area (Å²) >= 11 is 3.52. The molecule has 3 heterocycles. The van der Waals surface area contributed by atoms with Gasteiger partial charge in [-0.05, 0) is 52.7 Å². The average Bonchev–Trinajstić information content (AvgIpc) is 3.23. The van der Waals surface area contributed by atoms with Crippen molar-refractivity contribution in [2.75, 3.05) is 5.32 Å². The van der Waals surface area contributed by atoms with Gasteiger partial charge in [0.2, 0.25) is 0 Å². The summed E-state index contributed by atoms with van der Waals surface area (Å²) in [5.74, 6) is 1.72. The van der Waals surface area contributed by atoms with Gasteiger partial charge in [0.25, 0.3) is 0 Å². The van der Waals surface area contributed by atoms with Crippen LogP contribution in [0.5, 0.6) is 0 Å². The number of aromatic amines is 1. The third kappa shape index (κ3) is 3.07. The number of aromatic nitrogens is 4. The zero-order valence-corrected chi connectivity index (χ0v) is 15.6. The lowest BCUT2D eigenvalue weighted by Crippen LogP contribution is -2.03. The van der Waals surface area contributed by atoms with E-state index in [0.717, 1.165) is 38.7 Å². The minimum absolute atomic E-state index is 0.614. The van der Waals surface area contributed by atoms with E-state index in [4.69, 9.17) is 10.2 Å². The molecule has 26 heavy (non-hydrogen) atoms. The number of rotatable bonds is 4. The number of fused-ring (bicyclic) bond motifs is 1. The fourth-order valence-electron chi connectivity index (χ4n) is 2.79. The molecule has 6 nitrogen and oxygen atoms in total. The van der Waals surface area contributed by atoms with E-state index in [2.05, 4.69) is 37.3 Å². The zero-order valence-electron chi connectivity index (χ0n) is 14.0. The summed E-state index contributed by atoms with van der Waals surface area (Å²) in [7, 11) is 0. The van der Waals surface area contributed by atoms with Crippen molar-refractivity contribution in [3.8, 4) is 17.5 Å². The van der Waals surface area contributed by atoms with E-state index in [1.54, 1.807) is 0 Å². The van der Waals surface area contributed by atoms with Crippen molar-refractivity contribution in [3.63, 3.8) is 0 Å². The van der Waals surface area contributed by atoms with Gasteiger partial charge in [-0.2, -0.15) is 5.26 Å². The van der Waals surface area contributed by atoms with E-state index >= 15 is 0 Å². The second-order valence-electron chi connectivity index (χ2n) is 5.92. The predicted molar refractivity (Wildman–Crippen MR) is 104 cm³/mol. The molecule has 4 aromatic rings. The van der Waals surface area contributed by atoms with Crippen LogP contribution in [-0.2, 0) is 6.54 Å². The third-order valence-corrected chi connectivity index (χ3v) is 4.54. The summed E-state index contributed by atoms with van der Waals surface area (Å²) in [4.78, 5) is 12.4. The van der Waals surface area contributed by atoms with Crippen LogP contribution < -0.4 is 5.32 Å². The molecule has 0 aliphatic heterocycles. The number of imidazole rings is 2. The molecule has 0 unspecified atom stereocenters. The summed E-state index contributed by atoms with van der Waals surface area (Å²) in [6.45, 7) is 2.53. The molecule has 1 aromatic carbocycles. The number of anilines is 1. The molecule has 0 bridgehead atoms. The van der Waals surface area contributed by atoms with Gasteiger partial charge in [0.05, 0.1) is 11.6 Å². The van der Waals surface area contributed by atoms with Crippen LogP contribution in [0.15, 0.2) is 53.3 Å². The Bertz CT molecular complexity index is 1120.